The largest absolute Gasteiger partial charge is 0.496 e. The molecular formula is C15H12N2O5. The Bertz CT molecular complexity index is 755. The normalized spacial score (nSPS) is 10.6. The van der Waals surface area contributed by atoms with E-state index < -0.39 is 10.9 Å². The van der Waals surface area contributed by atoms with Gasteiger partial charge in [-0.05, 0) is 18.2 Å². The molecule has 0 amide bonds. The average Bonchev–Trinajstić information content (AvgIpc) is 2.52. The standard InChI is InChI=1S/C15H12N2O5/c1-22-14-5-3-2-4-10(14)6-7-13-12(15(18)19)8-11(9-16-13)17(20)21/h2-9H,1H3,(H,18,19)/b7-6+. The van der Waals surface area contributed by atoms with Crippen molar-refractivity contribution in [3.05, 3.63) is 63.5 Å². The number of nitrogens with zero attached hydrogens (tertiary/aromatic N) is 2. The van der Waals surface area contributed by atoms with Gasteiger partial charge in [0.05, 0.1) is 23.3 Å². The summed E-state index contributed by atoms with van der Waals surface area (Å²) in [4.78, 5) is 25.1. The predicted octanol–water partition coefficient (Wildman–Crippen LogP) is 2.87. The number of carboxylic acids is 1. The van der Waals surface area contributed by atoms with Crippen molar-refractivity contribution in [1.29, 1.82) is 0 Å². The van der Waals surface area contributed by atoms with Gasteiger partial charge in [0.15, 0.2) is 0 Å². The zero-order chi connectivity index (χ0) is 16.1. The van der Waals surface area contributed by atoms with Crippen molar-refractivity contribution in [1.82, 2.24) is 4.98 Å². The summed E-state index contributed by atoms with van der Waals surface area (Å²) in [6.45, 7) is 0. The zero-order valence-corrected chi connectivity index (χ0v) is 11.6. The lowest BCUT2D eigenvalue weighted by Crippen LogP contribution is -2.03. The molecule has 0 unspecified atom stereocenters. The molecule has 2 rings (SSSR count). The van der Waals surface area contributed by atoms with Gasteiger partial charge in [0.2, 0.25) is 0 Å². The molecule has 0 radical (unpaired) electrons. The lowest BCUT2D eigenvalue weighted by atomic mass is 10.1. The highest BCUT2D eigenvalue weighted by Gasteiger charge is 2.15. The van der Waals surface area contributed by atoms with Crippen LogP contribution in [0.4, 0.5) is 5.69 Å². The van der Waals surface area contributed by atoms with Crippen molar-refractivity contribution in [3.8, 4) is 5.75 Å². The molecule has 112 valence electrons. The van der Waals surface area contributed by atoms with Gasteiger partial charge >= 0.3 is 5.97 Å². The van der Waals surface area contributed by atoms with Gasteiger partial charge in [-0.25, -0.2) is 9.78 Å². The van der Waals surface area contributed by atoms with Gasteiger partial charge < -0.3 is 9.84 Å². The number of hydrogen-bond acceptors (Lipinski definition) is 5. The highest BCUT2D eigenvalue weighted by Crippen LogP contribution is 2.22. The minimum atomic E-state index is -1.28. The third-order valence-corrected chi connectivity index (χ3v) is 2.90. The molecule has 0 bridgehead atoms. The number of para-hydroxylation sites is 1. The Labute approximate surface area is 125 Å². The number of ether oxygens (including phenoxy) is 1. The van der Waals surface area contributed by atoms with Crippen molar-refractivity contribution in [2.24, 2.45) is 0 Å². The van der Waals surface area contributed by atoms with Gasteiger partial charge in [0.1, 0.15) is 11.9 Å². The summed E-state index contributed by atoms with van der Waals surface area (Å²) in [7, 11) is 1.53. The molecule has 0 saturated heterocycles. The number of methoxy groups -OCH3 is 1. The van der Waals surface area contributed by atoms with Gasteiger partial charge in [-0.15, -0.1) is 0 Å². The van der Waals surface area contributed by atoms with E-state index in [-0.39, 0.29) is 16.9 Å². The first-order valence-corrected chi connectivity index (χ1v) is 6.21. The average molecular weight is 300 g/mol. The smallest absolute Gasteiger partial charge is 0.338 e. The Morgan fingerprint density at radius 3 is 2.73 bits per heavy atom. The Morgan fingerprint density at radius 2 is 2.09 bits per heavy atom. The number of benzene rings is 1. The number of carbonyl (C=O) groups is 1. The van der Waals surface area contributed by atoms with Crippen molar-refractivity contribution in [2.45, 2.75) is 0 Å². The van der Waals surface area contributed by atoms with E-state index >= 15 is 0 Å². The fraction of sp³-hybridized carbons (Fsp3) is 0.0667. The van der Waals surface area contributed by atoms with Crippen LogP contribution in [0.2, 0.25) is 0 Å². The second kappa shape index (κ2) is 6.49. The number of pyridine rings is 1. The number of nitro groups is 1. The first kappa shape index (κ1) is 15.2. The Kier molecular flexibility index (Phi) is 4.47. The minimum absolute atomic E-state index is 0.129. The lowest BCUT2D eigenvalue weighted by Gasteiger charge is -2.04. The quantitative estimate of drug-likeness (QED) is 0.672. The van der Waals surface area contributed by atoms with Gasteiger partial charge in [0, 0.05) is 11.6 Å². The maximum atomic E-state index is 11.2. The van der Waals surface area contributed by atoms with Gasteiger partial charge in [-0.3, -0.25) is 10.1 Å². The molecule has 22 heavy (non-hydrogen) atoms. The molecule has 0 aliphatic carbocycles. The second-order valence-electron chi connectivity index (χ2n) is 4.26. The first-order chi connectivity index (χ1) is 10.5. The maximum Gasteiger partial charge on any atom is 0.338 e. The minimum Gasteiger partial charge on any atom is -0.496 e. The fourth-order valence-electron chi connectivity index (χ4n) is 1.84. The highest BCUT2D eigenvalue weighted by molar-refractivity contribution is 5.93. The summed E-state index contributed by atoms with van der Waals surface area (Å²) in [6.07, 6.45) is 4.14. The number of rotatable bonds is 5. The third kappa shape index (κ3) is 3.26. The predicted molar refractivity (Wildman–Crippen MR) is 79.8 cm³/mol. The highest BCUT2D eigenvalue weighted by atomic mass is 16.6. The van der Waals surface area contributed by atoms with E-state index in [4.69, 9.17) is 9.84 Å². The van der Waals surface area contributed by atoms with E-state index in [1.54, 1.807) is 18.2 Å². The van der Waals surface area contributed by atoms with Crippen LogP contribution in [0.3, 0.4) is 0 Å². The Hall–Kier alpha value is -3.22. The zero-order valence-electron chi connectivity index (χ0n) is 11.6. The van der Waals surface area contributed by atoms with Gasteiger partial charge in [-0.1, -0.05) is 18.2 Å². The fourth-order valence-corrected chi connectivity index (χ4v) is 1.84. The van der Waals surface area contributed by atoms with E-state index in [9.17, 15) is 14.9 Å². The SMILES string of the molecule is COc1ccccc1/C=C/c1ncc([N+](=O)[O-])cc1C(=O)O. The van der Waals surface area contributed by atoms with Crippen molar-refractivity contribution >= 4 is 23.8 Å². The number of aromatic carboxylic acids is 1. The summed E-state index contributed by atoms with van der Waals surface area (Å²) >= 11 is 0. The van der Waals surface area contributed by atoms with Crippen LogP contribution >= 0.6 is 0 Å². The van der Waals surface area contributed by atoms with Gasteiger partial charge in [0.25, 0.3) is 5.69 Å². The van der Waals surface area contributed by atoms with Crippen LogP contribution in [-0.4, -0.2) is 28.1 Å². The van der Waals surface area contributed by atoms with E-state index in [1.165, 1.54) is 13.2 Å². The molecule has 1 heterocycles. The van der Waals surface area contributed by atoms with Crippen LogP contribution in [0.15, 0.2) is 36.5 Å². The van der Waals surface area contributed by atoms with Crippen LogP contribution < -0.4 is 4.74 Å². The molecule has 0 atom stereocenters. The molecule has 0 spiro atoms. The van der Waals surface area contributed by atoms with Crippen molar-refractivity contribution in [3.63, 3.8) is 0 Å². The first-order valence-electron chi connectivity index (χ1n) is 6.21. The summed E-state index contributed by atoms with van der Waals surface area (Å²) in [5.41, 5.74) is 0.262. The molecule has 1 N–H and O–H groups in total. The molecular weight excluding hydrogens is 288 g/mol. The number of aromatic nitrogens is 1. The van der Waals surface area contributed by atoms with E-state index in [1.807, 2.05) is 12.1 Å². The van der Waals surface area contributed by atoms with E-state index in [2.05, 4.69) is 4.98 Å². The van der Waals surface area contributed by atoms with Crippen molar-refractivity contribution < 1.29 is 19.6 Å². The van der Waals surface area contributed by atoms with Crippen LogP contribution in [0, 0.1) is 10.1 Å². The van der Waals surface area contributed by atoms with Crippen LogP contribution in [-0.2, 0) is 0 Å². The number of hydrogen-bond donors (Lipinski definition) is 1. The Morgan fingerprint density at radius 1 is 1.36 bits per heavy atom. The molecule has 0 aliphatic rings. The van der Waals surface area contributed by atoms with Crippen molar-refractivity contribution in [2.75, 3.05) is 7.11 Å². The molecule has 0 fully saturated rings. The molecule has 0 aliphatic heterocycles. The van der Waals surface area contributed by atoms with Crippen LogP contribution in [0.1, 0.15) is 21.6 Å². The molecule has 7 heteroatoms. The maximum absolute atomic E-state index is 11.2. The molecule has 7 nitrogen and oxygen atoms in total. The molecule has 0 saturated carbocycles. The van der Waals surface area contributed by atoms with Crippen LogP contribution in [0.5, 0.6) is 5.75 Å². The van der Waals surface area contributed by atoms with E-state index in [0.717, 1.165) is 17.8 Å². The topological polar surface area (TPSA) is 103 Å². The summed E-state index contributed by atoms with van der Waals surface area (Å²) < 4.78 is 5.18. The number of carboxylic acid groups (broad SMARTS) is 1. The molecule has 2 aromatic rings. The Balaban J connectivity index is 2.42. The third-order valence-electron chi connectivity index (χ3n) is 2.90. The van der Waals surface area contributed by atoms with Gasteiger partial charge in [-0.2, -0.15) is 0 Å². The lowest BCUT2D eigenvalue weighted by molar-refractivity contribution is -0.385. The molecule has 1 aromatic heterocycles. The summed E-state index contributed by atoms with van der Waals surface area (Å²) in [5, 5.41) is 19.8. The monoisotopic (exact) mass is 300 g/mol. The van der Waals surface area contributed by atoms with Crippen LogP contribution in [0.25, 0.3) is 12.2 Å². The second-order valence-corrected chi connectivity index (χ2v) is 4.26. The summed E-state index contributed by atoms with van der Waals surface area (Å²) in [5.74, 6) is -0.659. The molecule has 1 aromatic carbocycles. The summed E-state index contributed by atoms with van der Waals surface area (Å²) in [6, 6.07) is 8.16. The van der Waals surface area contributed by atoms with E-state index in [0.29, 0.717) is 5.75 Å².